The van der Waals surface area contributed by atoms with Crippen LogP contribution in [0.5, 0.6) is 5.88 Å². The molecule has 8 nitrogen and oxygen atoms in total. The van der Waals surface area contributed by atoms with Gasteiger partial charge in [0, 0.05) is 36.6 Å². The fourth-order valence-corrected chi connectivity index (χ4v) is 3.56. The molecule has 0 atom stereocenters. The van der Waals surface area contributed by atoms with Crippen molar-refractivity contribution in [3.05, 3.63) is 77.3 Å². The first kappa shape index (κ1) is 27.9. The maximum atomic E-state index is 13.0. The van der Waals surface area contributed by atoms with E-state index in [0.29, 0.717) is 66.5 Å². The van der Waals surface area contributed by atoms with E-state index in [9.17, 15) is 23.1 Å². The van der Waals surface area contributed by atoms with Crippen LogP contribution in [-0.4, -0.2) is 60.5 Å². The van der Waals surface area contributed by atoms with Gasteiger partial charge in [-0.25, -0.2) is 0 Å². The van der Waals surface area contributed by atoms with Crippen molar-refractivity contribution in [1.82, 2.24) is 15.3 Å². The largest absolute Gasteiger partial charge is 0.475 e. The van der Waals surface area contributed by atoms with Crippen molar-refractivity contribution in [2.75, 3.05) is 44.4 Å². The number of pyridine rings is 2. The molecule has 1 aliphatic rings. The third kappa shape index (κ3) is 7.64. The lowest BCUT2D eigenvalue weighted by Crippen LogP contribution is -2.36. The van der Waals surface area contributed by atoms with Crippen LogP contribution < -0.4 is 15.0 Å². The molecule has 0 bridgehead atoms. The molecule has 3 heterocycles. The number of aliphatic hydroxyl groups excluding tert-OH is 1. The van der Waals surface area contributed by atoms with E-state index in [0.717, 1.165) is 6.20 Å². The van der Waals surface area contributed by atoms with Crippen molar-refractivity contribution in [1.29, 1.82) is 0 Å². The highest BCUT2D eigenvalue weighted by Gasteiger charge is 2.33. The number of rotatable bonds is 9. The second-order valence-corrected chi connectivity index (χ2v) is 8.19. The van der Waals surface area contributed by atoms with Gasteiger partial charge in [-0.2, -0.15) is 18.2 Å². The number of aromatic nitrogens is 2. The van der Waals surface area contributed by atoms with Gasteiger partial charge in [0.05, 0.1) is 19.8 Å². The van der Waals surface area contributed by atoms with Crippen molar-refractivity contribution in [2.45, 2.75) is 20.0 Å². The van der Waals surface area contributed by atoms with E-state index in [1.54, 1.807) is 32.1 Å². The van der Waals surface area contributed by atoms with Crippen LogP contribution >= 0.6 is 0 Å². The third-order valence-electron chi connectivity index (χ3n) is 5.42. The topological polar surface area (TPSA) is 96.8 Å². The zero-order valence-corrected chi connectivity index (χ0v) is 20.6. The summed E-state index contributed by atoms with van der Waals surface area (Å²) in [6, 6.07) is 5.48. The molecular formula is C26H29F3N4O4. The first-order valence-corrected chi connectivity index (χ1v) is 11.6. The van der Waals surface area contributed by atoms with E-state index in [-0.39, 0.29) is 18.8 Å². The van der Waals surface area contributed by atoms with Crippen molar-refractivity contribution >= 4 is 17.3 Å². The number of halogens is 3. The summed E-state index contributed by atoms with van der Waals surface area (Å²) >= 11 is 0. The van der Waals surface area contributed by atoms with Gasteiger partial charge in [-0.3, -0.25) is 9.78 Å². The molecule has 37 heavy (non-hydrogen) atoms. The summed E-state index contributed by atoms with van der Waals surface area (Å²) in [5, 5.41) is 11.8. The number of amides is 1. The zero-order valence-electron chi connectivity index (χ0n) is 20.6. The number of alkyl halides is 3. The van der Waals surface area contributed by atoms with Crippen molar-refractivity contribution in [2.24, 2.45) is 0 Å². The molecule has 2 aromatic heterocycles. The molecule has 2 aromatic rings. The summed E-state index contributed by atoms with van der Waals surface area (Å²) < 4.78 is 50.1. The lowest BCUT2D eigenvalue weighted by molar-refractivity contribution is -0.141. The predicted octanol–water partition coefficient (Wildman–Crippen LogP) is 4.00. The number of allylic oxidation sites excluding steroid dienone is 4. The van der Waals surface area contributed by atoms with Gasteiger partial charge in [0.1, 0.15) is 18.1 Å². The Morgan fingerprint density at radius 3 is 2.62 bits per heavy atom. The number of nitrogens with zero attached hydrogens (tertiary/aromatic N) is 3. The maximum absolute atomic E-state index is 13.0. The molecule has 0 aromatic carbocycles. The molecule has 0 aliphatic carbocycles. The minimum Gasteiger partial charge on any atom is -0.475 e. The Labute approximate surface area is 213 Å². The van der Waals surface area contributed by atoms with Gasteiger partial charge in [-0.05, 0) is 49.3 Å². The fourth-order valence-electron chi connectivity index (χ4n) is 3.56. The quantitative estimate of drug-likeness (QED) is 0.485. The molecule has 0 spiro atoms. The Morgan fingerprint density at radius 1 is 1.27 bits per heavy atom. The third-order valence-corrected chi connectivity index (χ3v) is 5.42. The van der Waals surface area contributed by atoms with E-state index < -0.39 is 17.8 Å². The summed E-state index contributed by atoms with van der Waals surface area (Å²) in [5.41, 5.74) is 1.06. The Hall–Kier alpha value is -3.70. The van der Waals surface area contributed by atoms with Gasteiger partial charge >= 0.3 is 6.18 Å². The lowest BCUT2D eigenvalue weighted by atomic mass is 9.99. The average Bonchev–Trinajstić information content (AvgIpc) is 2.89. The van der Waals surface area contributed by atoms with Gasteiger partial charge in [-0.15, -0.1) is 0 Å². The number of ether oxygens (including phenoxy) is 2. The number of morpholine rings is 1. The summed E-state index contributed by atoms with van der Waals surface area (Å²) in [6.07, 6.45) is -0.414. The molecule has 0 unspecified atom stereocenters. The van der Waals surface area contributed by atoms with E-state index in [4.69, 9.17) is 9.47 Å². The number of aliphatic hydroxyl groups is 1. The summed E-state index contributed by atoms with van der Waals surface area (Å²) in [6.45, 7) is 9.82. The second kappa shape index (κ2) is 12.5. The van der Waals surface area contributed by atoms with Crippen LogP contribution in [0, 0.1) is 0 Å². The van der Waals surface area contributed by atoms with Crippen LogP contribution in [-0.2, 0) is 10.9 Å². The molecule has 1 amide bonds. The van der Waals surface area contributed by atoms with Crippen LogP contribution in [0.3, 0.4) is 0 Å². The van der Waals surface area contributed by atoms with Crippen molar-refractivity contribution in [3.63, 3.8) is 0 Å². The van der Waals surface area contributed by atoms with Crippen LogP contribution in [0.15, 0.2) is 60.5 Å². The Bertz CT molecular complexity index is 1190. The fraction of sp³-hybridized carbons (Fsp3) is 0.346. The average molecular weight is 519 g/mol. The van der Waals surface area contributed by atoms with Crippen LogP contribution in [0.25, 0.3) is 5.57 Å². The number of nitrogens with one attached hydrogen (secondary N) is 1. The van der Waals surface area contributed by atoms with E-state index in [2.05, 4.69) is 26.8 Å². The molecule has 3 rings (SSSR count). The summed E-state index contributed by atoms with van der Waals surface area (Å²) in [4.78, 5) is 22.6. The normalized spacial score (nSPS) is 14.9. The molecule has 198 valence electrons. The standard InChI is InChI=1S/C26H29F3N4O4/c1-4-20(31-25(35)18-5-6-30-22(13-18)26(27,28)29)16-21(17(2)3)19-14-23(33-7-10-36-11-8-33)32-24(15-19)37-12-9-34/h4-6,13-16,34H,2,7-12H2,1,3H3,(H,31,35)/b20-4?,21-16+. The van der Waals surface area contributed by atoms with Gasteiger partial charge in [0.25, 0.3) is 5.91 Å². The van der Waals surface area contributed by atoms with Gasteiger partial charge in [-0.1, -0.05) is 18.2 Å². The van der Waals surface area contributed by atoms with Gasteiger partial charge in [0.15, 0.2) is 0 Å². The molecule has 0 saturated carbocycles. The number of anilines is 1. The Kier molecular flexibility index (Phi) is 9.42. The van der Waals surface area contributed by atoms with Crippen LogP contribution in [0.1, 0.15) is 35.5 Å². The molecule has 2 N–H and O–H groups in total. The highest BCUT2D eigenvalue weighted by atomic mass is 19.4. The van der Waals surface area contributed by atoms with E-state index >= 15 is 0 Å². The maximum Gasteiger partial charge on any atom is 0.433 e. The molecule has 1 fully saturated rings. The minimum atomic E-state index is -4.66. The summed E-state index contributed by atoms with van der Waals surface area (Å²) in [5.74, 6) is 0.250. The Morgan fingerprint density at radius 2 is 2.00 bits per heavy atom. The molecular weight excluding hydrogens is 489 g/mol. The van der Waals surface area contributed by atoms with E-state index in [1.807, 2.05) is 6.07 Å². The second-order valence-electron chi connectivity index (χ2n) is 8.19. The smallest absolute Gasteiger partial charge is 0.433 e. The molecule has 0 radical (unpaired) electrons. The van der Waals surface area contributed by atoms with Crippen LogP contribution in [0.4, 0.5) is 19.0 Å². The minimum absolute atomic E-state index is 0.0626. The van der Waals surface area contributed by atoms with Gasteiger partial charge in [0.2, 0.25) is 5.88 Å². The van der Waals surface area contributed by atoms with Crippen LogP contribution in [0.2, 0.25) is 0 Å². The molecule has 1 saturated heterocycles. The highest BCUT2D eigenvalue weighted by Crippen LogP contribution is 2.30. The number of carbonyl (C=O) groups excluding carboxylic acids is 1. The first-order chi connectivity index (χ1) is 17.6. The number of hydrogen-bond donors (Lipinski definition) is 2. The number of carbonyl (C=O) groups is 1. The molecule has 11 heteroatoms. The first-order valence-electron chi connectivity index (χ1n) is 11.6. The predicted molar refractivity (Wildman–Crippen MR) is 133 cm³/mol. The lowest BCUT2D eigenvalue weighted by Gasteiger charge is -2.28. The summed E-state index contributed by atoms with van der Waals surface area (Å²) in [7, 11) is 0. The zero-order chi connectivity index (χ0) is 27.0. The monoisotopic (exact) mass is 518 g/mol. The van der Waals surface area contributed by atoms with Crippen molar-refractivity contribution < 1.29 is 32.5 Å². The van der Waals surface area contributed by atoms with Gasteiger partial charge < -0.3 is 24.8 Å². The van der Waals surface area contributed by atoms with E-state index in [1.165, 1.54) is 6.07 Å². The molecule has 1 aliphatic heterocycles. The Balaban J connectivity index is 1.94. The highest BCUT2D eigenvalue weighted by molar-refractivity contribution is 5.96. The number of hydrogen-bond acceptors (Lipinski definition) is 7. The van der Waals surface area contributed by atoms with Crippen molar-refractivity contribution in [3.8, 4) is 5.88 Å². The SMILES string of the molecule is C=C(C)/C(=C\C(=CC)NC(=O)c1ccnc(C(F)(F)F)c1)c1cc(OCCO)nc(N2CCOCC2)c1.